The number of carbonyl (C=O) groups excluding carboxylic acids is 1. The third kappa shape index (κ3) is 7.27. The topological polar surface area (TPSA) is 90.9 Å². The third-order valence-electron chi connectivity index (χ3n) is 7.27. The van der Waals surface area contributed by atoms with Gasteiger partial charge in [0, 0.05) is 18.0 Å². The number of carbonyl (C=O) groups is 1. The molecule has 4 atom stereocenters. The van der Waals surface area contributed by atoms with Crippen molar-refractivity contribution < 1.29 is 23.7 Å². The normalized spacial score (nSPS) is 20.4. The first-order chi connectivity index (χ1) is 19.6. The predicted octanol–water partition coefficient (Wildman–Crippen LogP) is 4.77. The van der Waals surface area contributed by atoms with Crippen LogP contribution in [0.15, 0.2) is 95.8 Å². The summed E-state index contributed by atoms with van der Waals surface area (Å²) < 4.78 is 17.3. The maximum Gasteiger partial charge on any atom is 0.333 e. The second kappa shape index (κ2) is 14.3. The first-order valence-electron chi connectivity index (χ1n) is 13.8. The molecule has 1 aliphatic rings. The molecule has 8 heteroatoms. The van der Waals surface area contributed by atoms with Crippen molar-refractivity contribution in [2.45, 2.75) is 45.4 Å². The summed E-state index contributed by atoms with van der Waals surface area (Å²) in [5, 5.41) is 7.59. The zero-order valence-corrected chi connectivity index (χ0v) is 23.5. The van der Waals surface area contributed by atoms with Crippen LogP contribution in [-0.4, -0.2) is 42.4 Å². The Balaban J connectivity index is 1.47. The number of ether oxygens (including phenoxy) is 2. The zero-order chi connectivity index (χ0) is 28.3. The van der Waals surface area contributed by atoms with Crippen LogP contribution in [0, 0.1) is 5.92 Å². The van der Waals surface area contributed by atoms with Crippen molar-refractivity contribution in [2.24, 2.45) is 5.92 Å². The summed E-state index contributed by atoms with van der Waals surface area (Å²) in [6.07, 6.45) is 6.97. The number of piperidine rings is 1. The van der Waals surface area contributed by atoms with Crippen LogP contribution in [0.25, 0.3) is 5.57 Å². The second-order valence-electron chi connectivity index (χ2n) is 9.86. The molecule has 210 valence electrons. The highest BCUT2D eigenvalue weighted by Crippen LogP contribution is 2.25. The SMILES string of the molecule is C=C/C=C(\C(=C/C)OC)c1nc(C[NH+]2CCC(CC)[C@@H](OC(=O)[C@H](Nc3ccccc3)c3ccccc3)C2)no1. The van der Waals surface area contributed by atoms with Crippen LogP contribution >= 0.6 is 0 Å². The molecule has 0 aliphatic carbocycles. The van der Waals surface area contributed by atoms with Crippen molar-refractivity contribution >= 4 is 17.2 Å². The summed E-state index contributed by atoms with van der Waals surface area (Å²) in [7, 11) is 1.60. The molecule has 40 heavy (non-hydrogen) atoms. The number of hydrogen-bond donors (Lipinski definition) is 2. The van der Waals surface area contributed by atoms with Crippen molar-refractivity contribution in [2.75, 3.05) is 25.5 Å². The van der Waals surface area contributed by atoms with E-state index in [0.29, 0.717) is 42.1 Å². The Hall–Kier alpha value is -4.17. The molecule has 0 bridgehead atoms. The molecule has 2 unspecified atom stereocenters. The van der Waals surface area contributed by atoms with Crippen LogP contribution in [0.5, 0.6) is 0 Å². The lowest BCUT2D eigenvalue weighted by Crippen LogP contribution is -3.13. The third-order valence-corrected chi connectivity index (χ3v) is 7.27. The highest BCUT2D eigenvalue weighted by atomic mass is 16.5. The highest BCUT2D eigenvalue weighted by Gasteiger charge is 2.36. The molecule has 0 saturated carbocycles. The van der Waals surface area contributed by atoms with Crippen LogP contribution in [-0.2, 0) is 20.8 Å². The molecular weight excluding hydrogens is 504 g/mol. The number of nitrogens with zero attached hydrogens (tertiary/aromatic N) is 2. The standard InChI is InChI=1S/C32H38N4O4/c1-5-14-26(27(7-3)38-4)31-34-29(35-40-31)22-36-20-19-23(6-2)28(21-36)39-32(37)30(24-15-10-8-11-16-24)33-25-17-12-9-13-18-25/h5,7-18,23,28,30,33H,1,6,19-22H2,2-4H3/p+1/b26-14+,27-7+/t23?,28-,30+/m0/s1. The summed E-state index contributed by atoms with van der Waals surface area (Å²) in [5.41, 5.74) is 2.41. The van der Waals surface area contributed by atoms with E-state index in [1.54, 1.807) is 19.3 Å². The fraction of sp³-hybridized carbons (Fsp3) is 0.344. The van der Waals surface area contributed by atoms with Gasteiger partial charge in [-0.1, -0.05) is 73.3 Å². The number of benzene rings is 2. The molecule has 3 aromatic rings. The van der Waals surface area contributed by atoms with Crippen LogP contribution in [0.4, 0.5) is 5.69 Å². The molecule has 2 N–H and O–H groups in total. The Bertz CT molecular complexity index is 1300. The molecule has 0 amide bonds. The summed E-state index contributed by atoms with van der Waals surface area (Å²) >= 11 is 0. The van der Waals surface area contributed by atoms with Crippen molar-refractivity contribution in [3.63, 3.8) is 0 Å². The van der Waals surface area contributed by atoms with Crippen LogP contribution in [0.3, 0.4) is 0 Å². The summed E-state index contributed by atoms with van der Waals surface area (Å²) in [6, 6.07) is 18.8. The first-order valence-corrected chi connectivity index (χ1v) is 13.8. The Morgan fingerprint density at radius 1 is 1.20 bits per heavy atom. The number of methoxy groups -OCH3 is 1. The van der Waals surface area contributed by atoms with Crippen LogP contribution in [0.2, 0.25) is 0 Å². The number of hydrogen-bond acceptors (Lipinski definition) is 7. The molecule has 8 nitrogen and oxygen atoms in total. The van der Waals surface area contributed by atoms with E-state index in [2.05, 4.69) is 29.0 Å². The number of allylic oxidation sites excluding steroid dienone is 4. The van der Waals surface area contributed by atoms with Gasteiger partial charge in [-0.15, -0.1) is 0 Å². The monoisotopic (exact) mass is 543 g/mol. The lowest BCUT2D eigenvalue weighted by molar-refractivity contribution is -0.923. The fourth-order valence-corrected chi connectivity index (χ4v) is 5.15. The van der Waals surface area contributed by atoms with Gasteiger partial charge < -0.3 is 24.2 Å². The zero-order valence-electron chi connectivity index (χ0n) is 23.5. The van der Waals surface area contributed by atoms with E-state index in [4.69, 9.17) is 14.0 Å². The van der Waals surface area contributed by atoms with E-state index in [9.17, 15) is 4.79 Å². The van der Waals surface area contributed by atoms with E-state index >= 15 is 0 Å². The summed E-state index contributed by atoms with van der Waals surface area (Å²) in [4.78, 5) is 19.5. The number of rotatable bonds is 12. The number of nitrogens with one attached hydrogen (secondary N) is 2. The molecule has 1 aromatic heterocycles. The van der Waals surface area contributed by atoms with Crippen LogP contribution in [0.1, 0.15) is 50.0 Å². The van der Waals surface area contributed by atoms with E-state index in [1.807, 2.05) is 73.7 Å². The molecule has 0 radical (unpaired) electrons. The quantitative estimate of drug-likeness (QED) is 0.193. The smallest absolute Gasteiger partial charge is 0.333 e. The number of anilines is 1. The van der Waals surface area contributed by atoms with Gasteiger partial charge in [0.05, 0.1) is 19.2 Å². The maximum absolute atomic E-state index is 13.6. The minimum absolute atomic E-state index is 0.212. The second-order valence-corrected chi connectivity index (χ2v) is 9.86. The molecular formula is C32H39N4O4+. The van der Waals surface area contributed by atoms with Crippen molar-refractivity contribution in [1.82, 2.24) is 10.1 Å². The molecule has 2 aromatic carbocycles. The molecule has 4 rings (SSSR count). The minimum Gasteiger partial charge on any atom is -0.496 e. The minimum atomic E-state index is -0.608. The summed E-state index contributed by atoms with van der Waals surface area (Å²) in [5.74, 6) is 1.63. The van der Waals surface area contributed by atoms with E-state index < -0.39 is 6.04 Å². The van der Waals surface area contributed by atoms with Crippen LogP contribution < -0.4 is 10.2 Å². The van der Waals surface area contributed by atoms with E-state index in [0.717, 1.165) is 30.6 Å². The van der Waals surface area contributed by atoms with Gasteiger partial charge in [0.1, 0.15) is 18.8 Å². The number of para-hydroxylation sites is 1. The van der Waals surface area contributed by atoms with E-state index in [-0.39, 0.29) is 12.1 Å². The Labute approximate surface area is 236 Å². The van der Waals surface area contributed by atoms with Crippen molar-refractivity contribution in [3.05, 3.63) is 109 Å². The van der Waals surface area contributed by atoms with Gasteiger partial charge in [-0.25, -0.2) is 4.79 Å². The Morgan fingerprint density at radius 2 is 1.93 bits per heavy atom. The largest absolute Gasteiger partial charge is 0.496 e. The van der Waals surface area contributed by atoms with Gasteiger partial charge in [-0.2, -0.15) is 4.98 Å². The highest BCUT2D eigenvalue weighted by molar-refractivity contribution is 5.81. The van der Waals surface area contributed by atoms with Gasteiger partial charge >= 0.3 is 5.97 Å². The summed E-state index contributed by atoms with van der Waals surface area (Å²) in [6.45, 7) is 10.00. The average molecular weight is 544 g/mol. The fourth-order valence-electron chi connectivity index (χ4n) is 5.15. The van der Waals surface area contributed by atoms with Gasteiger partial charge in [0.15, 0.2) is 12.1 Å². The molecule has 1 fully saturated rings. The number of quaternary nitrogens is 1. The molecule has 0 spiro atoms. The lowest BCUT2D eigenvalue weighted by Gasteiger charge is -2.35. The first kappa shape index (κ1) is 28.8. The Kier molecular flexibility index (Phi) is 10.3. The number of esters is 1. The van der Waals surface area contributed by atoms with Gasteiger partial charge in [-0.05, 0) is 43.2 Å². The van der Waals surface area contributed by atoms with Gasteiger partial charge in [-0.3, -0.25) is 0 Å². The Morgan fingerprint density at radius 3 is 2.58 bits per heavy atom. The number of likely N-dealkylation sites (tertiary alicyclic amines) is 1. The molecule has 1 saturated heterocycles. The van der Waals surface area contributed by atoms with Gasteiger partial charge in [0.25, 0.3) is 5.89 Å². The average Bonchev–Trinajstić information content (AvgIpc) is 3.45. The lowest BCUT2D eigenvalue weighted by atomic mass is 9.91. The number of aromatic nitrogens is 2. The maximum atomic E-state index is 13.6. The van der Waals surface area contributed by atoms with Crippen molar-refractivity contribution in [3.8, 4) is 0 Å². The van der Waals surface area contributed by atoms with Crippen molar-refractivity contribution in [1.29, 1.82) is 0 Å². The van der Waals surface area contributed by atoms with E-state index in [1.165, 1.54) is 4.90 Å². The predicted molar refractivity (Wildman–Crippen MR) is 155 cm³/mol. The van der Waals surface area contributed by atoms with Gasteiger partial charge in [0.2, 0.25) is 5.82 Å². The molecule has 2 heterocycles. The molecule has 1 aliphatic heterocycles.